The minimum atomic E-state index is -0.270. The molecule has 1 saturated heterocycles. The molecule has 2 aromatic heterocycles. The number of benzene rings is 1. The Balaban J connectivity index is 1.55. The largest absolute Gasteiger partial charge is 0.366 e. The maximum atomic E-state index is 13.1. The molecule has 8 heteroatoms. The molecule has 1 aliphatic heterocycles. The average Bonchev–Trinajstić information content (AvgIpc) is 3.01. The molecular weight excluding hydrogens is 323 g/mol. The van der Waals surface area contributed by atoms with Gasteiger partial charge in [0.2, 0.25) is 5.95 Å². The van der Waals surface area contributed by atoms with Gasteiger partial charge in [-0.3, -0.25) is 4.79 Å². The van der Waals surface area contributed by atoms with Crippen molar-refractivity contribution in [1.29, 1.82) is 0 Å². The summed E-state index contributed by atoms with van der Waals surface area (Å²) in [4.78, 5) is 18.7. The van der Waals surface area contributed by atoms with Crippen molar-refractivity contribution in [3.8, 4) is 0 Å². The molecular formula is C17H17FN6O. The van der Waals surface area contributed by atoms with E-state index in [1.54, 1.807) is 35.4 Å². The Kier molecular flexibility index (Phi) is 3.81. The lowest BCUT2D eigenvalue weighted by molar-refractivity contribution is 0.0702. The fourth-order valence-electron chi connectivity index (χ4n) is 3.06. The zero-order chi connectivity index (χ0) is 17.4. The molecule has 25 heavy (non-hydrogen) atoms. The van der Waals surface area contributed by atoms with Crippen LogP contribution in [0.3, 0.4) is 0 Å². The number of nitrogens with one attached hydrogen (secondary N) is 1. The quantitative estimate of drug-likeness (QED) is 0.733. The lowest BCUT2D eigenvalue weighted by Crippen LogP contribution is -2.48. The highest BCUT2D eigenvalue weighted by Crippen LogP contribution is 2.19. The predicted molar refractivity (Wildman–Crippen MR) is 90.4 cm³/mol. The number of fused-ring (bicyclic) bond motifs is 1. The number of amides is 1. The first-order chi connectivity index (χ1) is 12.1. The van der Waals surface area contributed by atoms with Crippen molar-refractivity contribution in [3.63, 3.8) is 0 Å². The van der Waals surface area contributed by atoms with E-state index < -0.39 is 0 Å². The number of nitrogen functional groups attached to an aromatic ring is 1. The summed E-state index contributed by atoms with van der Waals surface area (Å²) in [7, 11) is 0. The zero-order valence-corrected chi connectivity index (χ0v) is 13.4. The lowest BCUT2D eigenvalue weighted by Gasteiger charge is -2.34. The van der Waals surface area contributed by atoms with Gasteiger partial charge in [0.05, 0.1) is 5.56 Å². The number of nitrogens with zero attached hydrogens (tertiary/aromatic N) is 4. The molecule has 1 aliphatic rings. The summed E-state index contributed by atoms with van der Waals surface area (Å²) < 4.78 is 14.6. The van der Waals surface area contributed by atoms with Crippen molar-refractivity contribution >= 4 is 17.5 Å². The van der Waals surface area contributed by atoms with Gasteiger partial charge in [-0.2, -0.15) is 4.98 Å². The van der Waals surface area contributed by atoms with Crippen molar-refractivity contribution in [2.24, 2.45) is 0 Å². The van der Waals surface area contributed by atoms with Crippen molar-refractivity contribution in [2.75, 3.05) is 25.4 Å². The van der Waals surface area contributed by atoms with Crippen LogP contribution in [0.4, 0.5) is 10.3 Å². The summed E-state index contributed by atoms with van der Waals surface area (Å²) in [5.41, 5.74) is 7.66. The molecule has 3 heterocycles. The fourth-order valence-corrected chi connectivity index (χ4v) is 3.06. The molecule has 0 spiro atoms. The number of rotatable bonds is 2. The molecule has 1 fully saturated rings. The van der Waals surface area contributed by atoms with Gasteiger partial charge < -0.3 is 16.0 Å². The summed E-state index contributed by atoms with van der Waals surface area (Å²) in [5.74, 6) is -0.180. The van der Waals surface area contributed by atoms with Crippen LogP contribution < -0.4 is 11.1 Å². The van der Waals surface area contributed by atoms with Gasteiger partial charge in [-0.15, -0.1) is 5.10 Å². The van der Waals surface area contributed by atoms with Gasteiger partial charge in [-0.1, -0.05) is 12.1 Å². The van der Waals surface area contributed by atoms with E-state index in [0.29, 0.717) is 30.8 Å². The minimum absolute atomic E-state index is 0.0240. The van der Waals surface area contributed by atoms with E-state index >= 15 is 0 Å². The SMILES string of the molecule is Nc1nc2ccc(C(=O)N3CCNC(c4ccc(F)cc4)C3)cn2n1. The second-order valence-electron chi connectivity index (χ2n) is 6.00. The second kappa shape index (κ2) is 6.14. The Hall–Kier alpha value is -3.00. The monoisotopic (exact) mass is 340 g/mol. The van der Waals surface area contributed by atoms with Crippen LogP contribution in [0.15, 0.2) is 42.6 Å². The van der Waals surface area contributed by atoms with Crippen LogP contribution in [0.25, 0.3) is 5.65 Å². The van der Waals surface area contributed by atoms with E-state index in [2.05, 4.69) is 15.4 Å². The van der Waals surface area contributed by atoms with E-state index in [-0.39, 0.29) is 23.7 Å². The van der Waals surface area contributed by atoms with Crippen molar-refractivity contribution in [3.05, 3.63) is 59.5 Å². The number of aromatic nitrogens is 3. The zero-order valence-electron chi connectivity index (χ0n) is 13.4. The van der Waals surface area contributed by atoms with E-state index in [1.807, 2.05) is 0 Å². The number of anilines is 1. The van der Waals surface area contributed by atoms with Crippen LogP contribution in [0.1, 0.15) is 22.0 Å². The molecule has 128 valence electrons. The number of pyridine rings is 1. The summed E-state index contributed by atoms with van der Waals surface area (Å²) >= 11 is 0. The number of halogens is 1. The third-order valence-electron chi connectivity index (χ3n) is 4.33. The highest BCUT2D eigenvalue weighted by atomic mass is 19.1. The van der Waals surface area contributed by atoms with Gasteiger partial charge in [0, 0.05) is 31.9 Å². The lowest BCUT2D eigenvalue weighted by atomic mass is 10.0. The first-order valence-corrected chi connectivity index (χ1v) is 8.00. The van der Waals surface area contributed by atoms with Gasteiger partial charge in [0.15, 0.2) is 5.65 Å². The first-order valence-electron chi connectivity index (χ1n) is 8.00. The van der Waals surface area contributed by atoms with E-state index in [9.17, 15) is 9.18 Å². The summed E-state index contributed by atoms with van der Waals surface area (Å²) in [5, 5.41) is 7.40. The van der Waals surface area contributed by atoms with Gasteiger partial charge >= 0.3 is 0 Å². The Morgan fingerprint density at radius 1 is 1.24 bits per heavy atom. The molecule has 3 N–H and O–H groups in total. The van der Waals surface area contributed by atoms with Crippen molar-refractivity contribution in [2.45, 2.75) is 6.04 Å². The maximum Gasteiger partial charge on any atom is 0.255 e. The second-order valence-corrected chi connectivity index (χ2v) is 6.00. The van der Waals surface area contributed by atoms with Crippen LogP contribution >= 0.6 is 0 Å². The van der Waals surface area contributed by atoms with Crippen molar-refractivity contribution < 1.29 is 9.18 Å². The van der Waals surface area contributed by atoms with E-state index in [1.165, 1.54) is 16.6 Å². The molecule has 0 radical (unpaired) electrons. The molecule has 3 aromatic rings. The molecule has 0 aliphatic carbocycles. The molecule has 1 unspecified atom stereocenters. The standard InChI is InChI=1S/C17H17FN6O/c18-13-4-1-11(2-5-13)14-10-23(8-7-20-14)16(25)12-3-6-15-21-17(19)22-24(15)9-12/h1-6,9,14,20H,7-8,10H2,(H2,19,22). The van der Waals surface area contributed by atoms with Crippen LogP contribution in [0, 0.1) is 5.82 Å². The highest BCUT2D eigenvalue weighted by molar-refractivity contribution is 5.94. The van der Waals surface area contributed by atoms with Crippen LogP contribution in [-0.4, -0.2) is 45.0 Å². The van der Waals surface area contributed by atoms with Gasteiger partial charge in [-0.25, -0.2) is 8.91 Å². The highest BCUT2D eigenvalue weighted by Gasteiger charge is 2.25. The normalized spacial score (nSPS) is 17.8. The van der Waals surface area contributed by atoms with Crippen LogP contribution in [0.2, 0.25) is 0 Å². The Labute approximate surface area is 143 Å². The Morgan fingerprint density at radius 2 is 2.04 bits per heavy atom. The number of piperazine rings is 1. The minimum Gasteiger partial charge on any atom is -0.366 e. The van der Waals surface area contributed by atoms with E-state index in [4.69, 9.17) is 5.73 Å². The molecule has 7 nitrogen and oxygen atoms in total. The van der Waals surface area contributed by atoms with Gasteiger partial charge in [0.25, 0.3) is 5.91 Å². The molecule has 1 aromatic carbocycles. The fraction of sp³-hybridized carbons (Fsp3) is 0.235. The van der Waals surface area contributed by atoms with Crippen molar-refractivity contribution in [1.82, 2.24) is 24.8 Å². The molecule has 1 atom stereocenters. The predicted octanol–water partition coefficient (Wildman–Crippen LogP) is 1.24. The van der Waals surface area contributed by atoms with Gasteiger partial charge in [-0.05, 0) is 29.8 Å². The summed E-state index contributed by atoms with van der Waals surface area (Å²) in [6, 6.07) is 9.76. The van der Waals surface area contributed by atoms with E-state index in [0.717, 1.165) is 5.56 Å². The topological polar surface area (TPSA) is 88.5 Å². The Bertz CT molecular complexity index is 923. The number of nitrogens with two attached hydrogens (primary N) is 1. The number of carbonyl (C=O) groups is 1. The molecule has 0 bridgehead atoms. The number of hydrogen-bond donors (Lipinski definition) is 2. The van der Waals surface area contributed by atoms with Crippen LogP contribution in [-0.2, 0) is 0 Å². The summed E-state index contributed by atoms with van der Waals surface area (Å²) in [6.07, 6.45) is 1.63. The third kappa shape index (κ3) is 3.03. The third-order valence-corrected chi connectivity index (χ3v) is 4.33. The molecule has 1 amide bonds. The number of carbonyl (C=O) groups excluding carboxylic acids is 1. The number of hydrogen-bond acceptors (Lipinski definition) is 5. The van der Waals surface area contributed by atoms with Gasteiger partial charge in [0.1, 0.15) is 5.82 Å². The molecule has 0 saturated carbocycles. The maximum absolute atomic E-state index is 13.1. The summed E-state index contributed by atoms with van der Waals surface area (Å²) in [6.45, 7) is 1.79. The first kappa shape index (κ1) is 15.5. The smallest absolute Gasteiger partial charge is 0.255 e. The Morgan fingerprint density at radius 3 is 2.84 bits per heavy atom. The van der Waals surface area contributed by atoms with Crippen LogP contribution in [0.5, 0.6) is 0 Å². The average molecular weight is 340 g/mol. The molecule has 4 rings (SSSR count).